The van der Waals surface area contributed by atoms with Crippen LogP contribution in [0.15, 0.2) is 38.4 Å². The molecule has 0 saturated heterocycles. The van der Waals surface area contributed by atoms with Crippen LogP contribution in [-0.4, -0.2) is 21.7 Å². The van der Waals surface area contributed by atoms with E-state index in [0.717, 1.165) is 9.37 Å². The van der Waals surface area contributed by atoms with Gasteiger partial charge in [0, 0.05) is 33.7 Å². The normalized spacial score (nSPS) is 10.8. The fraction of sp³-hybridized carbons (Fsp3) is 0.286. The Labute approximate surface area is 129 Å². The zero-order valence-corrected chi connectivity index (χ0v) is 13.4. The molecule has 1 aromatic carbocycles. The number of thioether (sulfide) groups is 1. The van der Waals surface area contributed by atoms with Gasteiger partial charge in [-0.05, 0) is 35.0 Å². The molecule has 0 fully saturated rings. The van der Waals surface area contributed by atoms with E-state index in [-0.39, 0.29) is 12.2 Å². The van der Waals surface area contributed by atoms with Gasteiger partial charge in [0.05, 0.1) is 5.75 Å². The Balaban J connectivity index is 2.15. The Hall–Kier alpha value is -1.11. The van der Waals surface area contributed by atoms with E-state index in [2.05, 4.69) is 25.9 Å². The number of nitrogens with zero attached hydrogens (tertiary/aromatic N) is 1. The van der Waals surface area contributed by atoms with Crippen LogP contribution in [0.3, 0.4) is 0 Å². The van der Waals surface area contributed by atoms with Gasteiger partial charge in [0.15, 0.2) is 0 Å². The molecule has 20 heavy (non-hydrogen) atoms. The van der Waals surface area contributed by atoms with Crippen LogP contribution < -0.4 is 5.56 Å². The third kappa shape index (κ3) is 3.71. The number of H-pyrrole nitrogens is 1. The average molecular weight is 355 g/mol. The Morgan fingerprint density at radius 1 is 1.40 bits per heavy atom. The highest BCUT2D eigenvalue weighted by atomic mass is 79.9. The van der Waals surface area contributed by atoms with Crippen molar-refractivity contribution in [3.63, 3.8) is 0 Å². The van der Waals surface area contributed by atoms with Crippen LogP contribution in [0.4, 0.5) is 0 Å². The molecule has 1 heterocycles. The highest BCUT2D eigenvalue weighted by molar-refractivity contribution is 9.10. The summed E-state index contributed by atoms with van der Waals surface area (Å²) in [6, 6.07) is 7.93. The van der Waals surface area contributed by atoms with Crippen molar-refractivity contribution in [1.29, 1.82) is 0 Å². The molecule has 0 bridgehead atoms. The SMILES string of the molecule is Cc1nc(CSc2ccccc2Br)[nH]c(=O)c1CCO. The number of benzene rings is 1. The monoisotopic (exact) mass is 354 g/mol. The smallest absolute Gasteiger partial charge is 0.254 e. The van der Waals surface area contributed by atoms with Crippen LogP contribution in [0.5, 0.6) is 0 Å². The Morgan fingerprint density at radius 3 is 2.80 bits per heavy atom. The molecule has 2 rings (SSSR count). The van der Waals surface area contributed by atoms with Crippen molar-refractivity contribution in [2.45, 2.75) is 24.0 Å². The van der Waals surface area contributed by atoms with Crippen molar-refractivity contribution in [2.75, 3.05) is 6.61 Å². The second-order valence-electron chi connectivity index (χ2n) is 4.27. The first-order valence-corrected chi connectivity index (χ1v) is 7.96. The van der Waals surface area contributed by atoms with E-state index < -0.39 is 0 Å². The lowest BCUT2D eigenvalue weighted by Crippen LogP contribution is -2.19. The number of nitrogens with one attached hydrogen (secondary N) is 1. The molecule has 0 aliphatic carbocycles. The van der Waals surface area contributed by atoms with Crippen LogP contribution >= 0.6 is 27.7 Å². The molecule has 0 saturated carbocycles. The molecule has 0 radical (unpaired) electrons. The molecular weight excluding hydrogens is 340 g/mol. The molecule has 0 atom stereocenters. The Bertz CT molecular complexity index is 658. The van der Waals surface area contributed by atoms with Crippen molar-refractivity contribution in [3.05, 3.63) is 56.2 Å². The summed E-state index contributed by atoms with van der Waals surface area (Å²) in [4.78, 5) is 20.2. The quantitative estimate of drug-likeness (QED) is 0.810. The Kier molecular flexibility index (Phi) is 5.39. The van der Waals surface area contributed by atoms with E-state index in [9.17, 15) is 4.79 Å². The molecule has 2 N–H and O–H groups in total. The molecule has 1 aromatic heterocycles. The molecule has 2 aromatic rings. The van der Waals surface area contributed by atoms with Gasteiger partial charge >= 0.3 is 0 Å². The summed E-state index contributed by atoms with van der Waals surface area (Å²) in [6.07, 6.45) is 0.339. The van der Waals surface area contributed by atoms with Gasteiger partial charge in [-0.1, -0.05) is 12.1 Å². The summed E-state index contributed by atoms with van der Waals surface area (Å²) in [5, 5.41) is 8.93. The van der Waals surface area contributed by atoms with Crippen molar-refractivity contribution in [3.8, 4) is 0 Å². The van der Waals surface area contributed by atoms with Crippen molar-refractivity contribution < 1.29 is 5.11 Å². The molecule has 0 amide bonds. The maximum Gasteiger partial charge on any atom is 0.254 e. The number of rotatable bonds is 5. The van der Waals surface area contributed by atoms with Crippen LogP contribution in [0.25, 0.3) is 0 Å². The van der Waals surface area contributed by atoms with E-state index in [1.54, 1.807) is 18.7 Å². The average Bonchev–Trinajstić information content (AvgIpc) is 2.42. The third-order valence-electron chi connectivity index (χ3n) is 2.83. The van der Waals surface area contributed by atoms with E-state index in [1.807, 2.05) is 24.3 Å². The number of hydrogen-bond donors (Lipinski definition) is 2. The highest BCUT2D eigenvalue weighted by Crippen LogP contribution is 2.28. The summed E-state index contributed by atoms with van der Waals surface area (Å²) >= 11 is 5.10. The summed E-state index contributed by atoms with van der Waals surface area (Å²) < 4.78 is 1.03. The second kappa shape index (κ2) is 7.06. The fourth-order valence-corrected chi connectivity index (χ4v) is 3.29. The fourth-order valence-electron chi connectivity index (χ4n) is 1.85. The van der Waals surface area contributed by atoms with Gasteiger partial charge in [-0.2, -0.15) is 0 Å². The summed E-state index contributed by atoms with van der Waals surface area (Å²) in [5.74, 6) is 1.24. The number of aromatic nitrogens is 2. The molecule has 0 unspecified atom stereocenters. The molecule has 106 valence electrons. The maximum atomic E-state index is 11.9. The first-order chi connectivity index (χ1) is 9.61. The number of aliphatic hydroxyl groups excluding tert-OH is 1. The second-order valence-corrected chi connectivity index (χ2v) is 6.14. The largest absolute Gasteiger partial charge is 0.396 e. The van der Waals surface area contributed by atoms with Crippen LogP contribution in [-0.2, 0) is 12.2 Å². The molecule has 0 spiro atoms. The van der Waals surface area contributed by atoms with Gasteiger partial charge in [0.2, 0.25) is 0 Å². The number of aryl methyl sites for hydroxylation is 1. The van der Waals surface area contributed by atoms with Gasteiger partial charge in [0.1, 0.15) is 5.82 Å². The van der Waals surface area contributed by atoms with Crippen LogP contribution in [0, 0.1) is 6.92 Å². The molecule has 0 aliphatic heterocycles. The zero-order chi connectivity index (χ0) is 14.5. The van der Waals surface area contributed by atoms with E-state index >= 15 is 0 Å². The van der Waals surface area contributed by atoms with Crippen LogP contribution in [0.1, 0.15) is 17.1 Å². The standard InChI is InChI=1S/C14H15BrN2O2S/c1-9-10(6-7-18)14(19)17-13(16-9)8-20-12-5-3-2-4-11(12)15/h2-5,18H,6-8H2,1H3,(H,16,17,19). The van der Waals surface area contributed by atoms with Gasteiger partial charge in [-0.25, -0.2) is 4.98 Å². The van der Waals surface area contributed by atoms with Crippen molar-refractivity contribution in [2.24, 2.45) is 0 Å². The first kappa shape index (κ1) is 15.3. The predicted octanol–water partition coefficient (Wildman–Crippen LogP) is 2.67. The molecular formula is C14H15BrN2O2S. The topological polar surface area (TPSA) is 66.0 Å². The van der Waals surface area contributed by atoms with E-state index in [0.29, 0.717) is 29.3 Å². The van der Waals surface area contributed by atoms with Crippen molar-refractivity contribution >= 4 is 27.7 Å². The lowest BCUT2D eigenvalue weighted by Gasteiger charge is -2.07. The summed E-state index contributed by atoms with van der Waals surface area (Å²) in [7, 11) is 0. The van der Waals surface area contributed by atoms with Gasteiger partial charge < -0.3 is 10.1 Å². The molecule has 0 aliphatic rings. The first-order valence-electron chi connectivity index (χ1n) is 6.18. The maximum absolute atomic E-state index is 11.9. The minimum atomic E-state index is -0.158. The Morgan fingerprint density at radius 2 is 2.15 bits per heavy atom. The third-order valence-corrected chi connectivity index (χ3v) is 4.87. The predicted molar refractivity (Wildman–Crippen MR) is 84.1 cm³/mol. The number of aromatic amines is 1. The molecule has 4 nitrogen and oxygen atoms in total. The summed E-state index contributed by atoms with van der Waals surface area (Å²) in [6.45, 7) is 1.75. The lowest BCUT2D eigenvalue weighted by atomic mass is 10.2. The van der Waals surface area contributed by atoms with E-state index in [1.165, 1.54) is 0 Å². The van der Waals surface area contributed by atoms with Crippen molar-refractivity contribution in [1.82, 2.24) is 9.97 Å². The van der Waals surface area contributed by atoms with Gasteiger partial charge in [-0.3, -0.25) is 4.79 Å². The van der Waals surface area contributed by atoms with Gasteiger partial charge in [-0.15, -0.1) is 11.8 Å². The number of halogens is 1. The number of aliphatic hydroxyl groups is 1. The minimum absolute atomic E-state index is 0.0450. The molecule has 6 heteroatoms. The zero-order valence-electron chi connectivity index (χ0n) is 11.0. The van der Waals surface area contributed by atoms with Crippen LogP contribution in [0.2, 0.25) is 0 Å². The van der Waals surface area contributed by atoms with E-state index in [4.69, 9.17) is 5.11 Å². The summed E-state index contributed by atoms with van der Waals surface area (Å²) in [5.41, 5.74) is 1.09. The van der Waals surface area contributed by atoms with Gasteiger partial charge in [0.25, 0.3) is 5.56 Å². The number of hydrogen-bond acceptors (Lipinski definition) is 4. The highest BCUT2D eigenvalue weighted by Gasteiger charge is 2.08. The minimum Gasteiger partial charge on any atom is -0.396 e. The lowest BCUT2D eigenvalue weighted by molar-refractivity contribution is 0.298.